The molecule has 5 heteroatoms. The van der Waals surface area contributed by atoms with Crippen LogP contribution in [-0.2, 0) is 11.8 Å². The molecule has 0 spiro atoms. The molecule has 3 heterocycles. The lowest BCUT2D eigenvalue weighted by Gasteiger charge is -2.18. The van der Waals surface area contributed by atoms with E-state index in [0.29, 0.717) is 0 Å². The number of benzene rings is 3. The Morgan fingerprint density at radius 3 is 2.39 bits per heavy atom. The first-order chi connectivity index (χ1) is 18.1. The molecular formula is C33H32N4S. The van der Waals surface area contributed by atoms with Gasteiger partial charge in [-0.25, -0.2) is 19.9 Å². The summed E-state index contributed by atoms with van der Waals surface area (Å²) >= 11 is 1.78. The highest BCUT2D eigenvalue weighted by Crippen LogP contribution is 2.40. The molecule has 0 aliphatic rings. The molecule has 0 saturated heterocycles. The van der Waals surface area contributed by atoms with Gasteiger partial charge in [0.15, 0.2) is 5.82 Å². The van der Waals surface area contributed by atoms with E-state index in [1.165, 1.54) is 15.6 Å². The maximum atomic E-state index is 4.99. The van der Waals surface area contributed by atoms with E-state index in [1.807, 2.05) is 12.3 Å². The van der Waals surface area contributed by atoms with Crippen molar-refractivity contribution in [2.75, 3.05) is 0 Å². The van der Waals surface area contributed by atoms with Crippen LogP contribution in [0.25, 0.3) is 53.7 Å². The third-order valence-corrected chi connectivity index (χ3v) is 8.00. The minimum Gasteiger partial charge on any atom is -0.237 e. The molecule has 0 unspecified atom stereocenters. The summed E-state index contributed by atoms with van der Waals surface area (Å²) in [5.74, 6) is 0.740. The van der Waals surface area contributed by atoms with E-state index in [9.17, 15) is 0 Å². The van der Waals surface area contributed by atoms with Gasteiger partial charge in [-0.3, -0.25) is 0 Å². The second-order valence-electron chi connectivity index (χ2n) is 12.3. The SMILES string of the molecule is CC(C)(C)Cc1ccc2c(c1)sc1c(-c3cc(-c4nccc(C(C)(C)C)n4)c4ccccc4c3)ncnc12. The van der Waals surface area contributed by atoms with Crippen LogP contribution < -0.4 is 0 Å². The molecule has 6 aromatic rings. The van der Waals surface area contributed by atoms with Crippen molar-refractivity contribution in [2.24, 2.45) is 5.41 Å². The van der Waals surface area contributed by atoms with Gasteiger partial charge in [-0.15, -0.1) is 11.3 Å². The number of hydrogen-bond acceptors (Lipinski definition) is 5. The highest BCUT2D eigenvalue weighted by atomic mass is 32.1. The van der Waals surface area contributed by atoms with Crippen molar-refractivity contribution < 1.29 is 0 Å². The van der Waals surface area contributed by atoms with Crippen LogP contribution >= 0.6 is 11.3 Å². The third kappa shape index (κ3) is 4.56. The summed E-state index contributed by atoms with van der Waals surface area (Å²) in [6.07, 6.45) is 4.60. The van der Waals surface area contributed by atoms with E-state index < -0.39 is 0 Å². The van der Waals surface area contributed by atoms with Crippen molar-refractivity contribution in [2.45, 2.75) is 53.4 Å². The van der Waals surface area contributed by atoms with Gasteiger partial charge in [0.1, 0.15) is 6.33 Å². The van der Waals surface area contributed by atoms with E-state index in [2.05, 4.69) is 96.1 Å². The number of aromatic nitrogens is 4. The van der Waals surface area contributed by atoms with Crippen molar-refractivity contribution >= 4 is 42.4 Å². The molecule has 3 aromatic carbocycles. The van der Waals surface area contributed by atoms with Crippen LogP contribution in [-0.4, -0.2) is 19.9 Å². The predicted molar refractivity (Wildman–Crippen MR) is 161 cm³/mol. The standard InChI is InChI=1S/C33H32N4S/c1-32(2,3)18-20-11-12-24-26(15-20)38-30-28(35-19-36-29(24)30)22-16-21-9-7-8-10-23(21)25(17-22)31-34-14-13-27(37-31)33(4,5)6/h7-17,19H,18H2,1-6H3. The van der Waals surface area contributed by atoms with Gasteiger partial charge in [0.2, 0.25) is 0 Å². The van der Waals surface area contributed by atoms with E-state index in [4.69, 9.17) is 19.9 Å². The van der Waals surface area contributed by atoms with E-state index in [1.54, 1.807) is 17.7 Å². The van der Waals surface area contributed by atoms with E-state index >= 15 is 0 Å². The van der Waals surface area contributed by atoms with Crippen LogP contribution in [0.1, 0.15) is 52.8 Å². The highest BCUT2D eigenvalue weighted by molar-refractivity contribution is 7.26. The molecule has 4 nitrogen and oxygen atoms in total. The van der Waals surface area contributed by atoms with Gasteiger partial charge < -0.3 is 0 Å². The molecule has 0 amide bonds. The fourth-order valence-electron chi connectivity index (χ4n) is 5.09. The molecule has 6 rings (SSSR count). The molecule has 0 aliphatic heterocycles. The van der Waals surface area contributed by atoms with E-state index in [0.717, 1.165) is 55.7 Å². The molecule has 0 bridgehead atoms. The summed E-state index contributed by atoms with van der Waals surface area (Å²) in [4.78, 5) is 19.2. The van der Waals surface area contributed by atoms with Crippen LogP contribution in [0.3, 0.4) is 0 Å². The maximum absolute atomic E-state index is 4.99. The van der Waals surface area contributed by atoms with Gasteiger partial charge >= 0.3 is 0 Å². The van der Waals surface area contributed by atoms with E-state index in [-0.39, 0.29) is 10.8 Å². The first-order valence-electron chi connectivity index (χ1n) is 13.1. The Hall–Kier alpha value is -3.70. The summed E-state index contributed by atoms with van der Waals surface area (Å²) in [6.45, 7) is 13.4. The molecule has 0 fully saturated rings. The molecule has 0 aliphatic carbocycles. The van der Waals surface area contributed by atoms with Gasteiger partial charge in [-0.05, 0) is 52.4 Å². The molecule has 0 saturated carbocycles. The smallest absolute Gasteiger partial charge is 0.160 e. The monoisotopic (exact) mass is 516 g/mol. The summed E-state index contributed by atoms with van der Waals surface area (Å²) in [5, 5.41) is 3.47. The number of hydrogen-bond donors (Lipinski definition) is 0. The van der Waals surface area contributed by atoms with Crippen molar-refractivity contribution in [1.29, 1.82) is 0 Å². The number of rotatable bonds is 3. The third-order valence-electron chi connectivity index (χ3n) is 6.85. The molecular weight excluding hydrogens is 484 g/mol. The molecule has 0 radical (unpaired) electrons. The zero-order valence-electron chi connectivity index (χ0n) is 22.8. The Bertz CT molecular complexity index is 1820. The molecule has 0 N–H and O–H groups in total. The molecule has 3 aromatic heterocycles. The molecule has 0 atom stereocenters. The van der Waals surface area contributed by atoms with Crippen molar-refractivity contribution in [3.63, 3.8) is 0 Å². The Morgan fingerprint density at radius 1 is 0.789 bits per heavy atom. The van der Waals surface area contributed by atoms with Crippen molar-refractivity contribution in [3.8, 4) is 22.6 Å². The topological polar surface area (TPSA) is 51.6 Å². The zero-order chi connectivity index (χ0) is 26.7. The van der Waals surface area contributed by atoms with Gasteiger partial charge in [-0.2, -0.15) is 0 Å². The molecule has 38 heavy (non-hydrogen) atoms. The minimum absolute atomic E-state index is 0.0627. The number of thiophene rings is 1. The van der Waals surface area contributed by atoms with Crippen LogP contribution in [0, 0.1) is 5.41 Å². The second-order valence-corrected chi connectivity index (χ2v) is 13.4. The summed E-state index contributed by atoms with van der Waals surface area (Å²) in [5.41, 5.74) is 6.59. The van der Waals surface area contributed by atoms with Gasteiger partial charge in [0.25, 0.3) is 0 Å². The first kappa shape index (κ1) is 24.6. The summed E-state index contributed by atoms with van der Waals surface area (Å²) < 4.78 is 2.37. The fraction of sp³-hybridized carbons (Fsp3) is 0.273. The van der Waals surface area contributed by atoms with Gasteiger partial charge in [-0.1, -0.05) is 77.9 Å². The number of fused-ring (bicyclic) bond motifs is 4. The normalized spacial score (nSPS) is 12.6. The Labute approximate surface area is 227 Å². The zero-order valence-corrected chi connectivity index (χ0v) is 23.6. The average molecular weight is 517 g/mol. The van der Waals surface area contributed by atoms with Crippen LogP contribution in [0.4, 0.5) is 0 Å². The Kier molecular flexibility index (Phi) is 5.80. The lowest BCUT2D eigenvalue weighted by Crippen LogP contribution is -2.14. The average Bonchev–Trinajstić information content (AvgIpc) is 3.24. The predicted octanol–water partition coefficient (Wildman–Crippen LogP) is 9.01. The molecule has 190 valence electrons. The van der Waals surface area contributed by atoms with Crippen LogP contribution in [0.5, 0.6) is 0 Å². The summed E-state index contributed by atoms with van der Waals surface area (Å²) in [6, 6.07) is 21.7. The van der Waals surface area contributed by atoms with Crippen molar-refractivity contribution in [1.82, 2.24) is 19.9 Å². The number of nitrogens with zero attached hydrogens (tertiary/aromatic N) is 4. The second kappa shape index (κ2) is 8.95. The highest BCUT2D eigenvalue weighted by Gasteiger charge is 2.20. The van der Waals surface area contributed by atoms with Crippen LogP contribution in [0.2, 0.25) is 0 Å². The van der Waals surface area contributed by atoms with Crippen molar-refractivity contribution in [3.05, 3.63) is 84.4 Å². The van der Waals surface area contributed by atoms with Gasteiger partial charge in [0.05, 0.1) is 15.9 Å². The Balaban J connectivity index is 1.56. The fourth-order valence-corrected chi connectivity index (χ4v) is 6.32. The first-order valence-corrected chi connectivity index (χ1v) is 13.9. The maximum Gasteiger partial charge on any atom is 0.160 e. The lowest BCUT2D eigenvalue weighted by atomic mass is 9.88. The van der Waals surface area contributed by atoms with Crippen LogP contribution in [0.15, 0.2) is 73.2 Å². The summed E-state index contributed by atoms with van der Waals surface area (Å²) in [7, 11) is 0. The largest absolute Gasteiger partial charge is 0.237 e. The Morgan fingerprint density at radius 2 is 1.61 bits per heavy atom. The van der Waals surface area contributed by atoms with Gasteiger partial charge in [0, 0.05) is 38.5 Å². The minimum atomic E-state index is -0.0627. The lowest BCUT2D eigenvalue weighted by molar-refractivity contribution is 0.411. The quantitative estimate of drug-likeness (QED) is 0.235.